The molecule has 0 radical (unpaired) electrons. The first-order valence-corrected chi connectivity index (χ1v) is 12.4. The third kappa shape index (κ3) is 8.40. The van der Waals surface area contributed by atoms with E-state index in [9.17, 15) is 14.0 Å². The van der Waals surface area contributed by atoms with E-state index < -0.39 is 12.0 Å². The Bertz CT molecular complexity index is 1110. The fourth-order valence-electron chi connectivity index (χ4n) is 4.31. The summed E-state index contributed by atoms with van der Waals surface area (Å²) in [6.07, 6.45) is 11.6. The molecule has 0 aromatic carbocycles. The second-order valence-electron chi connectivity index (χ2n) is 9.63. The number of aromatic nitrogens is 3. The molecule has 2 aromatic rings. The lowest BCUT2D eigenvalue weighted by molar-refractivity contribution is -0.120. The van der Waals surface area contributed by atoms with E-state index in [2.05, 4.69) is 20.4 Å². The van der Waals surface area contributed by atoms with Gasteiger partial charge < -0.3 is 26.3 Å². The molecule has 11 heteroatoms. The van der Waals surface area contributed by atoms with Gasteiger partial charge in [0.1, 0.15) is 12.0 Å². The van der Waals surface area contributed by atoms with Crippen molar-refractivity contribution in [1.29, 1.82) is 0 Å². The number of aldehydes is 1. The Kier molecular flexibility index (Phi) is 9.76. The van der Waals surface area contributed by atoms with Crippen LogP contribution in [-0.4, -0.2) is 51.9 Å². The molecule has 37 heavy (non-hydrogen) atoms. The Hall–Kier alpha value is -3.76. The minimum atomic E-state index is -0.569. The largest absolute Gasteiger partial charge is 0.481 e. The number of amides is 1. The second kappa shape index (κ2) is 13.0. The molecule has 4 rings (SSSR count). The third-order valence-corrected chi connectivity index (χ3v) is 6.16. The smallest absolute Gasteiger partial charge is 0.270 e. The first kappa shape index (κ1) is 27.8. The van der Waals surface area contributed by atoms with Gasteiger partial charge in [0.25, 0.3) is 5.91 Å². The van der Waals surface area contributed by atoms with Crippen molar-refractivity contribution < 1.29 is 18.7 Å². The van der Waals surface area contributed by atoms with Crippen LogP contribution in [0.2, 0.25) is 0 Å². The molecule has 5 N–H and O–H groups in total. The molecular weight excluding hydrogens is 477 g/mol. The van der Waals surface area contributed by atoms with Crippen molar-refractivity contribution in [3.63, 3.8) is 0 Å². The predicted octanol–water partition coefficient (Wildman–Crippen LogP) is 2.48. The fraction of sp³-hybridized carbons (Fsp3) is 0.500. The predicted molar refractivity (Wildman–Crippen MR) is 139 cm³/mol. The number of anilines is 1. The van der Waals surface area contributed by atoms with Gasteiger partial charge in [0.05, 0.1) is 31.6 Å². The van der Waals surface area contributed by atoms with Crippen molar-refractivity contribution in [1.82, 2.24) is 20.1 Å². The zero-order valence-corrected chi connectivity index (χ0v) is 21.5. The van der Waals surface area contributed by atoms with Crippen LogP contribution in [0.4, 0.5) is 10.1 Å². The van der Waals surface area contributed by atoms with Crippen LogP contribution >= 0.6 is 0 Å². The van der Waals surface area contributed by atoms with Crippen LogP contribution in [0.3, 0.4) is 0 Å². The topological polar surface area (TPSA) is 151 Å². The summed E-state index contributed by atoms with van der Waals surface area (Å²) >= 11 is 0. The lowest BCUT2D eigenvalue weighted by atomic mass is 9.90. The number of carbonyl (C=O) groups is 2. The summed E-state index contributed by atoms with van der Waals surface area (Å²) < 4.78 is 19.5. The lowest BCUT2D eigenvalue weighted by Crippen LogP contribution is -2.45. The van der Waals surface area contributed by atoms with Gasteiger partial charge in [-0.1, -0.05) is 0 Å². The molecule has 2 fully saturated rings. The summed E-state index contributed by atoms with van der Waals surface area (Å²) in [5.74, 6) is 0.879. The van der Waals surface area contributed by atoms with Gasteiger partial charge in [-0.3, -0.25) is 14.5 Å². The van der Waals surface area contributed by atoms with Crippen molar-refractivity contribution in [2.45, 2.75) is 58.2 Å². The number of nitrogen functional groups attached to an aromatic ring is 1. The minimum absolute atomic E-state index is 0.000655. The van der Waals surface area contributed by atoms with Crippen LogP contribution in [0, 0.1) is 23.7 Å². The lowest BCUT2D eigenvalue weighted by Gasteiger charge is -2.23. The molecular formula is C26H36FN7O3. The van der Waals surface area contributed by atoms with E-state index in [1.54, 1.807) is 23.1 Å². The highest BCUT2D eigenvalue weighted by Crippen LogP contribution is 2.50. The van der Waals surface area contributed by atoms with Crippen LogP contribution < -0.4 is 21.5 Å². The molecule has 0 aliphatic heterocycles. The molecule has 2 aliphatic carbocycles. The van der Waals surface area contributed by atoms with Gasteiger partial charge in [0.2, 0.25) is 11.8 Å². The van der Waals surface area contributed by atoms with Gasteiger partial charge >= 0.3 is 0 Å². The maximum atomic E-state index is 12.8. The normalized spacial score (nSPS) is 16.4. The number of nitrogens with two attached hydrogens (primary N) is 2. The first-order chi connectivity index (χ1) is 17.7. The van der Waals surface area contributed by atoms with E-state index in [1.165, 1.54) is 51.1 Å². The fourth-order valence-corrected chi connectivity index (χ4v) is 4.31. The summed E-state index contributed by atoms with van der Waals surface area (Å²) in [4.78, 5) is 31.7. The van der Waals surface area contributed by atoms with Crippen molar-refractivity contribution in [2.24, 2.45) is 28.5 Å². The number of hydrogen-bond acceptors (Lipinski definition) is 8. The SMILES string of the molecule is CC(C)N=C(/C=C\N)C(=O)NC(C=O)C(C1CC1)C1CC1.COc1nc(F)ccc1Cn1cc(N)cn1. The van der Waals surface area contributed by atoms with Gasteiger partial charge in [-0.2, -0.15) is 14.5 Å². The molecule has 1 amide bonds. The number of hydrogen-bond donors (Lipinski definition) is 3. The standard InChI is InChI=1S/C16H25N3O2.C10H11FN4O/c1-10(2)18-13(7-8-17)16(21)19-14(9-20)15(11-3-4-11)12-5-6-12;1-16-10-7(2-3-9(11)14-10)5-15-6-8(12)4-13-15/h7-12,14-15H,3-6,17H2,1-2H3,(H,19,21);2-4,6H,5,12H2,1H3/b8-7-,18-13?;. The zero-order chi connectivity index (χ0) is 26.9. The van der Waals surface area contributed by atoms with Crippen LogP contribution in [0.1, 0.15) is 45.1 Å². The van der Waals surface area contributed by atoms with Gasteiger partial charge in [0, 0.05) is 17.8 Å². The molecule has 10 nitrogen and oxygen atoms in total. The molecule has 2 saturated carbocycles. The first-order valence-electron chi connectivity index (χ1n) is 12.4. The van der Waals surface area contributed by atoms with Crippen LogP contribution in [0.25, 0.3) is 0 Å². The van der Waals surface area contributed by atoms with E-state index in [-0.39, 0.29) is 23.5 Å². The van der Waals surface area contributed by atoms with Crippen LogP contribution in [0.15, 0.2) is 41.8 Å². The quantitative estimate of drug-likeness (QED) is 0.237. The highest BCUT2D eigenvalue weighted by molar-refractivity contribution is 6.43. The van der Waals surface area contributed by atoms with Crippen LogP contribution in [0.5, 0.6) is 5.88 Å². The van der Waals surface area contributed by atoms with Crippen molar-refractivity contribution in [3.8, 4) is 5.88 Å². The summed E-state index contributed by atoms with van der Waals surface area (Å²) in [5, 5.41) is 6.88. The third-order valence-electron chi connectivity index (χ3n) is 6.16. The van der Waals surface area contributed by atoms with E-state index in [4.69, 9.17) is 16.2 Å². The Morgan fingerprint density at radius 3 is 2.46 bits per heavy atom. The number of halogens is 1. The summed E-state index contributed by atoms with van der Waals surface area (Å²) in [6.45, 7) is 4.23. The molecule has 0 spiro atoms. The number of rotatable bonds is 11. The molecule has 0 bridgehead atoms. The van der Waals surface area contributed by atoms with E-state index in [0.29, 0.717) is 30.0 Å². The molecule has 2 heterocycles. The Morgan fingerprint density at radius 2 is 1.97 bits per heavy atom. The number of methoxy groups -OCH3 is 1. The average molecular weight is 514 g/mol. The second-order valence-corrected chi connectivity index (χ2v) is 9.63. The maximum absolute atomic E-state index is 12.8. The van der Waals surface area contributed by atoms with E-state index >= 15 is 0 Å². The van der Waals surface area contributed by atoms with Gasteiger partial charge in [0.15, 0.2) is 0 Å². The van der Waals surface area contributed by atoms with Crippen LogP contribution in [-0.2, 0) is 16.1 Å². The average Bonchev–Trinajstić information content (AvgIpc) is 3.80. The number of aliphatic imine (C=N–C) groups is 1. The maximum Gasteiger partial charge on any atom is 0.270 e. The zero-order valence-electron chi connectivity index (χ0n) is 21.5. The highest BCUT2D eigenvalue weighted by atomic mass is 19.1. The Balaban J connectivity index is 0.000000213. The van der Waals surface area contributed by atoms with Crippen molar-refractivity contribution >= 4 is 23.6 Å². The molecule has 1 atom stereocenters. The monoisotopic (exact) mass is 513 g/mol. The number of nitrogens with zero attached hydrogens (tertiary/aromatic N) is 4. The van der Waals surface area contributed by atoms with E-state index in [1.807, 2.05) is 13.8 Å². The summed E-state index contributed by atoms with van der Waals surface area (Å²) in [6, 6.07) is 2.49. The summed E-state index contributed by atoms with van der Waals surface area (Å²) in [7, 11) is 1.45. The Labute approximate surface area is 216 Å². The highest BCUT2D eigenvalue weighted by Gasteiger charge is 2.46. The van der Waals surface area contributed by atoms with Gasteiger partial charge in [-0.25, -0.2) is 0 Å². The summed E-state index contributed by atoms with van der Waals surface area (Å²) in [5.41, 5.74) is 12.5. The number of nitrogens with one attached hydrogen (secondary N) is 1. The van der Waals surface area contributed by atoms with Crippen molar-refractivity contribution in [2.75, 3.05) is 12.8 Å². The molecule has 200 valence electrons. The minimum Gasteiger partial charge on any atom is -0.481 e. The molecule has 2 aromatic heterocycles. The number of carbonyl (C=O) groups excluding carboxylic acids is 2. The molecule has 0 saturated heterocycles. The molecule has 2 aliphatic rings. The van der Waals surface area contributed by atoms with Gasteiger partial charge in [-0.05, 0) is 81.7 Å². The number of ether oxygens (including phenoxy) is 1. The molecule has 1 unspecified atom stereocenters. The number of pyridine rings is 1. The van der Waals surface area contributed by atoms with E-state index in [0.717, 1.165) is 11.8 Å². The van der Waals surface area contributed by atoms with Gasteiger partial charge in [-0.15, -0.1) is 0 Å². The van der Waals surface area contributed by atoms with Crippen molar-refractivity contribution in [3.05, 3.63) is 48.3 Å². The Morgan fingerprint density at radius 1 is 1.30 bits per heavy atom.